The third-order valence-corrected chi connectivity index (χ3v) is 6.46. The van der Waals surface area contributed by atoms with Crippen molar-refractivity contribution < 1.29 is 24.2 Å². The third kappa shape index (κ3) is 8.04. The summed E-state index contributed by atoms with van der Waals surface area (Å²) in [6.07, 6.45) is 6.43. The molecule has 0 fully saturated rings. The highest BCUT2D eigenvalue weighted by Crippen LogP contribution is 2.26. The van der Waals surface area contributed by atoms with Crippen molar-refractivity contribution in [3.63, 3.8) is 0 Å². The summed E-state index contributed by atoms with van der Waals surface area (Å²) in [6.45, 7) is 2.99. The Morgan fingerprint density at radius 3 is 2.76 bits per heavy atom. The van der Waals surface area contributed by atoms with Crippen LogP contribution in [0.4, 0.5) is 0 Å². The Balaban J connectivity index is 1.60. The number of nitrogens with zero attached hydrogens (tertiary/aromatic N) is 4. The van der Waals surface area contributed by atoms with Crippen molar-refractivity contribution >= 4 is 11.9 Å². The first-order chi connectivity index (χ1) is 18.5. The number of hydrogen-bond donors (Lipinski definition) is 2. The number of carboxylic acids is 1. The van der Waals surface area contributed by atoms with Gasteiger partial charge in [0.25, 0.3) is 0 Å². The average molecular weight is 522 g/mol. The van der Waals surface area contributed by atoms with Crippen molar-refractivity contribution in [2.75, 3.05) is 26.8 Å². The fourth-order valence-electron chi connectivity index (χ4n) is 4.59. The highest BCUT2D eigenvalue weighted by atomic mass is 16.5. The minimum Gasteiger partial charge on any atom is -0.496 e. The molecule has 38 heavy (non-hydrogen) atoms. The number of nitrogens with one attached hydrogen (secondary N) is 1. The van der Waals surface area contributed by atoms with Crippen molar-refractivity contribution in [2.45, 2.75) is 51.7 Å². The molecule has 0 atom stereocenters. The number of aromatic nitrogens is 3. The molecule has 0 spiro atoms. The van der Waals surface area contributed by atoms with Crippen LogP contribution in [0.5, 0.6) is 11.5 Å². The zero-order valence-electron chi connectivity index (χ0n) is 21.8. The van der Waals surface area contributed by atoms with Crippen LogP contribution in [-0.4, -0.2) is 63.5 Å². The Morgan fingerprint density at radius 2 is 1.97 bits per heavy atom. The zero-order valence-corrected chi connectivity index (χ0v) is 21.8. The Hall–Kier alpha value is -3.92. The van der Waals surface area contributed by atoms with Gasteiger partial charge in [0, 0.05) is 37.2 Å². The summed E-state index contributed by atoms with van der Waals surface area (Å²) >= 11 is 0. The van der Waals surface area contributed by atoms with E-state index in [0.29, 0.717) is 39.2 Å². The lowest BCUT2D eigenvalue weighted by atomic mass is 10.0. The Labute approximate surface area is 222 Å². The molecular formula is C28H35N5O5. The summed E-state index contributed by atoms with van der Waals surface area (Å²) in [5.41, 5.74) is 3.87. The molecule has 10 nitrogen and oxygen atoms in total. The Kier molecular flexibility index (Phi) is 9.69. The molecule has 2 heterocycles. The number of aryl methyl sites for hydroxylation is 1. The SMILES string of the molecule is COc1ccc(CN2CC(=O)NCCCCCOc3ccc(CCC(=O)O)cc3C2)cc1Cn1cncn1. The third-order valence-electron chi connectivity index (χ3n) is 6.46. The van der Waals surface area contributed by atoms with E-state index in [9.17, 15) is 9.59 Å². The van der Waals surface area contributed by atoms with Crippen LogP contribution in [0.15, 0.2) is 49.1 Å². The summed E-state index contributed by atoms with van der Waals surface area (Å²) < 4.78 is 13.4. The smallest absolute Gasteiger partial charge is 0.303 e. The molecule has 0 aliphatic carbocycles. The van der Waals surface area contributed by atoms with Crippen LogP contribution in [0.1, 0.15) is 47.9 Å². The molecule has 0 radical (unpaired) electrons. The minimum atomic E-state index is -0.829. The van der Waals surface area contributed by atoms with Gasteiger partial charge in [-0.1, -0.05) is 18.2 Å². The average Bonchev–Trinajstić information content (AvgIpc) is 3.41. The topological polar surface area (TPSA) is 119 Å². The summed E-state index contributed by atoms with van der Waals surface area (Å²) in [5, 5.41) is 16.4. The number of hydrogen-bond acceptors (Lipinski definition) is 7. The number of carbonyl (C=O) groups is 2. The molecular weight excluding hydrogens is 486 g/mol. The van der Waals surface area contributed by atoms with Crippen LogP contribution in [0.3, 0.4) is 0 Å². The molecule has 1 aliphatic rings. The predicted octanol–water partition coefficient (Wildman–Crippen LogP) is 3.03. The zero-order chi connectivity index (χ0) is 26.7. The van der Waals surface area contributed by atoms with E-state index >= 15 is 0 Å². The van der Waals surface area contributed by atoms with E-state index in [1.807, 2.05) is 30.3 Å². The molecule has 0 saturated heterocycles. The van der Waals surface area contributed by atoms with E-state index in [1.165, 1.54) is 6.33 Å². The van der Waals surface area contributed by atoms with Crippen molar-refractivity contribution in [1.29, 1.82) is 0 Å². The van der Waals surface area contributed by atoms with Gasteiger partial charge >= 0.3 is 5.97 Å². The number of rotatable bonds is 8. The Morgan fingerprint density at radius 1 is 1.11 bits per heavy atom. The quantitative estimate of drug-likeness (QED) is 0.464. The van der Waals surface area contributed by atoms with Gasteiger partial charge < -0.3 is 19.9 Å². The first-order valence-electron chi connectivity index (χ1n) is 12.9. The maximum atomic E-state index is 12.8. The molecule has 1 amide bonds. The van der Waals surface area contributed by atoms with Gasteiger partial charge in [-0.05, 0) is 55.0 Å². The lowest BCUT2D eigenvalue weighted by Crippen LogP contribution is -2.37. The van der Waals surface area contributed by atoms with Crippen molar-refractivity contribution in [2.24, 2.45) is 0 Å². The maximum Gasteiger partial charge on any atom is 0.303 e. The van der Waals surface area contributed by atoms with Crippen LogP contribution in [0.25, 0.3) is 0 Å². The summed E-state index contributed by atoms with van der Waals surface area (Å²) in [5.74, 6) is 0.680. The fraction of sp³-hybridized carbons (Fsp3) is 0.429. The molecule has 1 aromatic heterocycles. The molecule has 3 aromatic rings. The van der Waals surface area contributed by atoms with Gasteiger partial charge in [0.2, 0.25) is 5.91 Å². The molecule has 2 N–H and O–H groups in total. The summed E-state index contributed by atoms with van der Waals surface area (Å²) in [7, 11) is 1.64. The number of ether oxygens (including phenoxy) is 2. The van der Waals surface area contributed by atoms with Crippen molar-refractivity contribution in [3.05, 3.63) is 71.3 Å². The van der Waals surface area contributed by atoms with Gasteiger partial charge in [-0.25, -0.2) is 9.67 Å². The number of benzene rings is 2. The van der Waals surface area contributed by atoms with E-state index in [2.05, 4.69) is 26.4 Å². The molecule has 0 saturated carbocycles. The predicted molar refractivity (Wildman–Crippen MR) is 141 cm³/mol. The lowest BCUT2D eigenvalue weighted by molar-refractivity contribution is -0.137. The van der Waals surface area contributed by atoms with Crippen LogP contribution >= 0.6 is 0 Å². The van der Waals surface area contributed by atoms with E-state index in [-0.39, 0.29) is 18.9 Å². The number of methoxy groups -OCH3 is 1. The largest absolute Gasteiger partial charge is 0.496 e. The van der Waals surface area contributed by atoms with Gasteiger partial charge in [0.1, 0.15) is 24.2 Å². The van der Waals surface area contributed by atoms with Gasteiger partial charge in [-0.3, -0.25) is 14.5 Å². The first kappa shape index (κ1) is 27.1. The standard InChI is InChI=1S/C28H35N5O5/c1-37-25-8-6-22(14-24(25)17-33-20-29-19-31-33)15-32-16-23-13-21(7-10-28(35)36)5-9-26(23)38-12-4-2-3-11-30-27(34)18-32/h5-6,8-9,13-14,19-20H,2-4,7,10-12,15-18H2,1H3,(H,30,34)(H,35,36). The molecule has 202 valence electrons. The van der Waals surface area contributed by atoms with E-state index in [1.54, 1.807) is 18.1 Å². The van der Waals surface area contributed by atoms with Crippen LogP contribution in [-0.2, 0) is 35.6 Å². The normalized spacial score (nSPS) is 15.2. The van der Waals surface area contributed by atoms with Crippen molar-refractivity contribution in [3.8, 4) is 11.5 Å². The summed E-state index contributed by atoms with van der Waals surface area (Å²) in [4.78, 5) is 30.1. The van der Waals surface area contributed by atoms with E-state index in [4.69, 9.17) is 14.6 Å². The molecule has 0 unspecified atom stereocenters. The lowest BCUT2D eigenvalue weighted by Gasteiger charge is -2.24. The molecule has 10 heteroatoms. The molecule has 2 aromatic carbocycles. The Bertz CT molecular complexity index is 1210. The van der Waals surface area contributed by atoms with Crippen LogP contribution in [0, 0.1) is 0 Å². The molecule has 0 bridgehead atoms. The van der Waals surface area contributed by atoms with Crippen LogP contribution in [0.2, 0.25) is 0 Å². The highest BCUT2D eigenvalue weighted by Gasteiger charge is 2.17. The first-order valence-corrected chi connectivity index (χ1v) is 12.9. The molecule has 1 aliphatic heterocycles. The van der Waals surface area contributed by atoms with Crippen LogP contribution < -0.4 is 14.8 Å². The fourth-order valence-corrected chi connectivity index (χ4v) is 4.59. The van der Waals surface area contributed by atoms with Gasteiger partial charge in [0.05, 0.1) is 26.8 Å². The highest BCUT2D eigenvalue weighted by molar-refractivity contribution is 5.78. The van der Waals surface area contributed by atoms with Gasteiger partial charge in [-0.2, -0.15) is 5.10 Å². The van der Waals surface area contributed by atoms with Gasteiger partial charge in [0.15, 0.2) is 0 Å². The van der Waals surface area contributed by atoms with E-state index < -0.39 is 5.97 Å². The second-order valence-corrected chi connectivity index (χ2v) is 9.48. The number of carbonyl (C=O) groups excluding carboxylic acids is 1. The number of fused-ring (bicyclic) bond motifs is 1. The molecule has 4 rings (SSSR count). The van der Waals surface area contributed by atoms with E-state index in [0.717, 1.165) is 53.0 Å². The van der Waals surface area contributed by atoms with Gasteiger partial charge in [-0.15, -0.1) is 0 Å². The summed E-state index contributed by atoms with van der Waals surface area (Å²) in [6, 6.07) is 11.9. The number of amides is 1. The second-order valence-electron chi connectivity index (χ2n) is 9.48. The maximum absolute atomic E-state index is 12.8. The van der Waals surface area contributed by atoms with Crippen molar-refractivity contribution in [1.82, 2.24) is 25.0 Å². The monoisotopic (exact) mass is 521 g/mol. The minimum absolute atomic E-state index is 0.0231. The second kappa shape index (κ2) is 13.6. The number of aliphatic carboxylic acids is 1. The number of carboxylic acid groups (broad SMARTS) is 1.